The van der Waals surface area contributed by atoms with Crippen molar-refractivity contribution in [2.45, 2.75) is 76.5 Å². The van der Waals surface area contributed by atoms with E-state index in [1.165, 1.54) is 41.1 Å². The van der Waals surface area contributed by atoms with Gasteiger partial charge in [0.2, 0.25) is 0 Å². The Labute approximate surface area is 185 Å². The highest BCUT2D eigenvalue weighted by molar-refractivity contribution is 9.10. The number of nitrogens with zero attached hydrogens (tertiary/aromatic N) is 3. The highest BCUT2D eigenvalue weighted by Crippen LogP contribution is 2.41. The summed E-state index contributed by atoms with van der Waals surface area (Å²) in [5.74, 6) is 0.646. The van der Waals surface area contributed by atoms with Gasteiger partial charge in [0.25, 0.3) is 0 Å². The fraction of sp³-hybridized carbons (Fsp3) is 0.696. The fourth-order valence-electron chi connectivity index (χ4n) is 4.81. The molecule has 1 saturated carbocycles. The average molecular weight is 479 g/mol. The normalized spacial score (nSPS) is 24.9. The second-order valence-electron chi connectivity index (χ2n) is 10.4. The summed E-state index contributed by atoms with van der Waals surface area (Å²) in [5, 5.41) is 1.55. The predicted octanol–water partition coefficient (Wildman–Crippen LogP) is 6.01. The van der Waals surface area contributed by atoms with Crippen molar-refractivity contribution in [1.29, 1.82) is 0 Å². The molecular formula is C23H36BrN3OSi. The first-order chi connectivity index (χ1) is 13.7. The summed E-state index contributed by atoms with van der Waals surface area (Å²) in [6.07, 6.45) is 9.60. The van der Waals surface area contributed by atoms with Gasteiger partial charge < -0.3 is 8.97 Å². The van der Waals surface area contributed by atoms with Crippen LogP contribution in [0.4, 0.5) is 0 Å². The number of pyridine rings is 1. The number of halogens is 1. The molecule has 29 heavy (non-hydrogen) atoms. The van der Waals surface area contributed by atoms with Gasteiger partial charge in [-0.3, -0.25) is 4.90 Å². The predicted molar refractivity (Wildman–Crippen MR) is 127 cm³/mol. The van der Waals surface area contributed by atoms with Gasteiger partial charge in [0.1, 0.15) is 5.65 Å². The number of hydrogen-bond donors (Lipinski definition) is 0. The maximum atomic E-state index is 5.53. The van der Waals surface area contributed by atoms with Crippen molar-refractivity contribution in [3.63, 3.8) is 0 Å². The SMILES string of the molecule is CC(C)(C)[Si](C)(C)n1cc(Br)c2cc([C@H]3CC[C@H](N4CCOCC4)CC3)cnc21. The lowest BCUT2D eigenvalue weighted by Crippen LogP contribution is -2.45. The number of morpholine rings is 1. The number of rotatable bonds is 3. The highest BCUT2D eigenvalue weighted by Gasteiger charge is 2.39. The van der Waals surface area contributed by atoms with Gasteiger partial charge in [-0.2, -0.15) is 0 Å². The van der Waals surface area contributed by atoms with Crippen LogP contribution in [0.2, 0.25) is 18.1 Å². The lowest BCUT2D eigenvalue weighted by atomic mass is 9.81. The number of fused-ring (bicyclic) bond motifs is 1. The van der Waals surface area contributed by atoms with Crippen molar-refractivity contribution in [3.05, 3.63) is 28.5 Å². The molecule has 0 N–H and O–H groups in total. The molecular weight excluding hydrogens is 442 g/mol. The third-order valence-corrected chi connectivity index (χ3v) is 13.6. The third kappa shape index (κ3) is 4.10. The van der Waals surface area contributed by atoms with Crippen LogP contribution in [-0.4, -0.2) is 54.7 Å². The second kappa shape index (κ2) is 8.10. The Balaban J connectivity index is 1.54. The number of ether oxygens (including phenoxy) is 1. The average Bonchev–Trinajstić information content (AvgIpc) is 3.05. The van der Waals surface area contributed by atoms with Crippen LogP contribution in [0.5, 0.6) is 0 Å². The van der Waals surface area contributed by atoms with Gasteiger partial charge in [0, 0.05) is 41.4 Å². The molecule has 4 rings (SSSR count). The molecule has 0 spiro atoms. The summed E-state index contributed by atoms with van der Waals surface area (Å²) in [7, 11) is -1.70. The van der Waals surface area contributed by atoms with E-state index in [-0.39, 0.29) is 5.04 Å². The molecule has 0 unspecified atom stereocenters. The zero-order valence-corrected chi connectivity index (χ0v) is 21.3. The van der Waals surface area contributed by atoms with Gasteiger partial charge in [-0.05, 0) is 64.2 Å². The molecule has 160 valence electrons. The van der Waals surface area contributed by atoms with Crippen LogP contribution in [0.15, 0.2) is 22.9 Å². The van der Waals surface area contributed by atoms with Crippen LogP contribution in [0.1, 0.15) is 57.9 Å². The summed E-state index contributed by atoms with van der Waals surface area (Å²) < 4.78 is 9.21. The largest absolute Gasteiger partial charge is 0.379 e. The third-order valence-electron chi connectivity index (χ3n) is 7.78. The maximum absolute atomic E-state index is 5.53. The van der Waals surface area contributed by atoms with Gasteiger partial charge in [-0.15, -0.1) is 0 Å². The van der Waals surface area contributed by atoms with Crippen molar-refractivity contribution in [1.82, 2.24) is 14.1 Å². The van der Waals surface area contributed by atoms with Gasteiger partial charge in [-0.1, -0.05) is 33.9 Å². The second-order valence-corrected chi connectivity index (χ2v) is 16.4. The van der Waals surface area contributed by atoms with Crippen molar-refractivity contribution in [2.24, 2.45) is 0 Å². The summed E-state index contributed by atoms with van der Waals surface area (Å²) >= 11 is 3.84. The van der Waals surface area contributed by atoms with Crippen LogP contribution in [0, 0.1) is 0 Å². The molecule has 4 nitrogen and oxygen atoms in total. The molecule has 2 aromatic rings. The molecule has 0 atom stereocenters. The molecule has 2 fully saturated rings. The molecule has 6 heteroatoms. The van der Waals surface area contributed by atoms with Crippen LogP contribution in [-0.2, 0) is 4.74 Å². The molecule has 1 saturated heterocycles. The lowest BCUT2D eigenvalue weighted by Gasteiger charge is -2.39. The molecule has 0 amide bonds. The Hall–Kier alpha value is -0.693. The van der Waals surface area contributed by atoms with Gasteiger partial charge in [0.05, 0.1) is 13.2 Å². The zero-order chi connectivity index (χ0) is 20.8. The Morgan fingerprint density at radius 1 is 1.10 bits per heavy atom. The van der Waals surface area contributed by atoms with E-state index in [2.05, 4.69) is 77.4 Å². The van der Waals surface area contributed by atoms with Gasteiger partial charge >= 0.3 is 0 Å². The van der Waals surface area contributed by atoms with Crippen molar-refractivity contribution in [3.8, 4) is 0 Å². The van der Waals surface area contributed by atoms with E-state index in [1.807, 2.05) is 0 Å². The van der Waals surface area contributed by atoms with Gasteiger partial charge in [0.15, 0.2) is 8.24 Å². The summed E-state index contributed by atoms with van der Waals surface area (Å²) in [6.45, 7) is 16.0. The van der Waals surface area contributed by atoms with Crippen LogP contribution < -0.4 is 0 Å². The van der Waals surface area contributed by atoms with E-state index >= 15 is 0 Å². The minimum atomic E-state index is -1.70. The zero-order valence-electron chi connectivity index (χ0n) is 18.7. The molecule has 2 aliphatic rings. The van der Waals surface area contributed by atoms with Crippen molar-refractivity contribution >= 4 is 35.2 Å². The van der Waals surface area contributed by atoms with Crippen molar-refractivity contribution < 1.29 is 4.74 Å². The number of aromatic nitrogens is 2. The Kier molecular flexibility index (Phi) is 6.01. The molecule has 0 bridgehead atoms. The van der Waals surface area contributed by atoms with Crippen molar-refractivity contribution in [2.75, 3.05) is 26.3 Å². The van der Waals surface area contributed by atoms with Gasteiger partial charge in [-0.25, -0.2) is 4.98 Å². The Bertz CT molecular complexity index is 859. The monoisotopic (exact) mass is 477 g/mol. The minimum absolute atomic E-state index is 0.274. The smallest absolute Gasteiger partial charge is 0.163 e. The molecule has 1 aliphatic carbocycles. The molecule has 2 aromatic heterocycles. The fourth-order valence-corrected chi connectivity index (χ4v) is 7.38. The maximum Gasteiger partial charge on any atom is 0.163 e. The molecule has 1 aliphatic heterocycles. The first kappa shape index (κ1) is 21.5. The van der Waals surface area contributed by atoms with E-state index in [0.717, 1.165) is 38.0 Å². The van der Waals surface area contributed by atoms with E-state index in [4.69, 9.17) is 9.72 Å². The first-order valence-electron chi connectivity index (χ1n) is 11.2. The molecule has 0 radical (unpaired) electrons. The number of hydrogen-bond acceptors (Lipinski definition) is 3. The standard InChI is InChI=1S/C23H36BrN3OSi/c1-23(2,3)29(4,5)27-16-21(24)20-14-18(15-25-22(20)27)17-6-8-19(9-7-17)26-10-12-28-13-11-26/h14-17,19H,6-13H2,1-5H3/t17-,19-. The Morgan fingerprint density at radius 3 is 2.38 bits per heavy atom. The van der Waals surface area contributed by atoms with E-state index in [1.54, 1.807) is 0 Å². The molecule has 3 heterocycles. The van der Waals surface area contributed by atoms with Crippen LogP contribution in [0.25, 0.3) is 11.0 Å². The topological polar surface area (TPSA) is 30.3 Å². The minimum Gasteiger partial charge on any atom is -0.379 e. The highest BCUT2D eigenvalue weighted by atomic mass is 79.9. The summed E-state index contributed by atoms with van der Waals surface area (Å²) in [6, 6.07) is 3.16. The first-order valence-corrected chi connectivity index (χ1v) is 14.9. The summed E-state index contributed by atoms with van der Waals surface area (Å²) in [5.41, 5.74) is 2.57. The van der Waals surface area contributed by atoms with Crippen LogP contribution in [0.3, 0.4) is 0 Å². The lowest BCUT2D eigenvalue weighted by molar-refractivity contribution is 0.00729. The molecule has 0 aromatic carbocycles. The quantitative estimate of drug-likeness (QED) is 0.506. The Morgan fingerprint density at radius 2 is 1.76 bits per heavy atom. The van der Waals surface area contributed by atoms with E-state index < -0.39 is 8.24 Å². The van der Waals surface area contributed by atoms with E-state index in [9.17, 15) is 0 Å². The summed E-state index contributed by atoms with van der Waals surface area (Å²) in [4.78, 5) is 7.66. The van der Waals surface area contributed by atoms with E-state index in [0.29, 0.717) is 5.92 Å². The van der Waals surface area contributed by atoms with Crippen LogP contribution >= 0.6 is 15.9 Å².